The van der Waals surface area contributed by atoms with E-state index in [1.54, 1.807) is 0 Å². The molecule has 3 nitrogen and oxygen atoms in total. The molecule has 0 aliphatic heterocycles. The van der Waals surface area contributed by atoms with E-state index in [1.807, 2.05) is 24.6 Å². The van der Waals surface area contributed by atoms with E-state index in [1.165, 1.54) is 0 Å². The number of aromatic nitrogens is 2. The van der Waals surface area contributed by atoms with Crippen LogP contribution < -0.4 is 5.32 Å². The molecule has 0 fully saturated rings. The molecular weight excluding hydrogens is 258 g/mol. The van der Waals surface area contributed by atoms with Gasteiger partial charge in [0.1, 0.15) is 0 Å². The van der Waals surface area contributed by atoms with Crippen molar-refractivity contribution in [2.24, 2.45) is 0 Å². The van der Waals surface area contributed by atoms with E-state index in [0.29, 0.717) is 0 Å². The summed E-state index contributed by atoms with van der Waals surface area (Å²) in [4.78, 5) is 0. The third kappa shape index (κ3) is 2.99. The first-order valence-corrected chi connectivity index (χ1v) is 6.97. The van der Waals surface area contributed by atoms with Gasteiger partial charge in [-0.05, 0) is 51.1 Å². The van der Waals surface area contributed by atoms with Crippen LogP contribution in [0.3, 0.4) is 0 Å². The molecule has 1 atom stereocenters. The van der Waals surface area contributed by atoms with Gasteiger partial charge in [0.15, 0.2) is 0 Å². The van der Waals surface area contributed by atoms with Gasteiger partial charge in [-0.15, -0.1) is 0 Å². The number of nitrogens with zero attached hydrogens (tertiary/aromatic N) is 2. The Hall–Kier alpha value is -1.32. The number of aryl methyl sites for hydroxylation is 2. The highest BCUT2D eigenvalue weighted by Gasteiger charge is 2.11. The standard InChI is InChI=1S/C15H20ClN3/c1-5-17-12(4)14-7-6-13(9-15(14)16)19-11(3)8-10(2)18-19/h6-9,12,17H,5H2,1-4H3. The Morgan fingerprint density at radius 3 is 2.58 bits per heavy atom. The summed E-state index contributed by atoms with van der Waals surface area (Å²) in [6, 6.07) is 8.43. The van der Waals surface area contributed by atoms with Crippen molar-refractivity contribution >= 4 is 11.6 Å². The molecule has 102 valence electrons. The van der Waals surface area contributed by atoms with Crippen LogP contribution in [-0.4, -0.2) is 16.3 Å². The Bertz CT molecular complexity index is 575. The Kier molecular flexibility index (Phi) is 4.27. The minimum atomic E-state index is 0.256. The maximum absolute atomic E-state index is 6.39. The molecule has 1 heterocycles. The average Bonchev–Trinajstić information content (AvgIpc) is 2.68. The number of hydrogen-bond acceptors (Lipinski definition) is 2. The maximum atomic E-state index is 6.39. The summed E-state index contributed by atoms with van der Waals surface area (Å²) >= 11 is 6.39. The van der Waals surface area contributed by atoms with Gasteiger partial charge >= 0.3 is 0 Å². The molecule has 0 bridgehead atoms. The van der Waals surface area contributed by atoms with Crippen LogP contribution in [-0.2, 0) is 0 Å². The average molecular weight is 278 g/mol. The second kappa shape index (κ2) is 5.76. The van der Waals surface area contributed by atoms with Crippen molar-refractivity contribution < 1.29 is 0 Å². The fourth-order valence-corrected chi connectivity index (χ4v) is 2.64. The van der Waals surface area contributed by atoms with Crippen LogP contribution in [0.4, 0.5) is 0 Å². The van der Waals surface area contributed by atoms with Crippen molar-refractivity contribution in [3.05, 3.63) is 46.2 Å². The Labute approximate surface area is 119 Å². The molecule has 0 spiro atoms. The molecule has 0 radical (unpaired) electrons. The van der Waals surface area contributed by atoms with Crippen molar-refractivity contribution in [2.45, 2.75) is 33.7 Å². The molecule has 0 saturated carbocycles. The zero-order chi connectivity index (χ0) is 14.0. The summed E-state index contributed by atoms with van der Waals surface area (Å²) in [7, 11) is 0. The van der Waals surface area contributed by atoms with Crippen LogP contribution in [0.5, 0.6) is 0 Å². The predicted molar refractivity (Wildman–Crippen MR) is 80.1 cm³/mol. The summed E-state index contributed by atoms with van der Waals surface area (Å²) in [6.07, 6.45) is 0. The van der Waals surface area contributed by atoms with Gasteiger partial charge in [-0.1, -0.05) is 24.6 Å². The van der Waals surface area contributed by atoms with Crippen LogP contribution in [0.1, 0.15) is 36.8 Å². The van der Waals surface area contributed by atoms with E-state index < -0.39 is 0 Å². The Balaban J connectivity index is 2.36. The number of nitrogens with one attached hydrogen (secondary N) is 1. The molecule has 2 aromatic rings. The molecule has 0 saturated heterocycles. The SMILES string of the molecule is CCNC(C)c1ccc(-n2nc(C)cc2C)cc1Cl. The number of rotatable bonds is 4. The van der Waals surface area contributed by atoms with Gasteiger partial charge < -0.3 is 5.32 Å². The van der Waals surface area contributed by atoms with Gasteiger partial charge in [0.05, 0.1) is 11.4 Å². The lowest BCUT2D eigenvalue weighted by Crippen LogP contribution is -2.18. The summed E-state index contributed by atoms with van der Waals surface area (Å²) < 4.78 is 1.92. The predicted octanol–water partition coefficient (Wildman–Crippen LogP) is 3.81. The van der Waals surface area contributed by atoms with E-state index in [9.17, 15) is 0 Å². The highest BCUT2D eigenvalue weighted by atomic mass is 35.5. The van der Waals surface area contributed by atoms with Crippen molar-refractivity contribution in [3.8, 4) is 5.69 Å². The fourth-order valence-electron chi connectivity index (χ4n) is 2.31. The lowest BCUT2D eigenvalue weighted by molar-refractivity contribution is 0.598. The highest BCUT2D eigenvalue weighted by Crippen LogP contribution is 2.26. The number of hydrogen-bond donors (Lipinski definition) is 1. The second-order valence-electron chi connectivity index (χ2n) is 4.82. The van der Waals surface area contributed by atoms with Crippen LogP contribution in [0, 0.1) is 13.8 Å². The molecule has 1 aromatic carbocycles. The van der Waals surface area contributed by atoms with Crippen molar-refractivity contribution in [3.63, 3.8) is 0 Å². The molecule has 2 rings (SSSR count). The summed E-state index contributed by atoms with van der Waals surface area (Å²) in [6.45, 7) is 9.18. The number of benzene rings is 1. The second-order valence-corrected chi connectivity index (χ2v) is 5.23. The third-order valence-corrected chi connectivity index (χ3v) is 3.54. The van der Waals surface area contributed by atoms with Gasteiger partial charge in [-0.3, -0.25) is 0 Å². The van der Waals surface area contributed by atoms with E-state index in [2.05, 4.69) is 42.5 Å². The topological polar surface area (TPSA) is 29.9 Å². The first-order chi connectivity index (χ1) is 9.02. The normalized spacial score (nSPS) is 12.7. The van der Waals surface area contributed by atoms with Crippen LogP contribution >= 0.6 is 11.6 Å². The van der Waals surface area contributed by atoms with Gasteiger partial charge in [0, 0.05) is 16.8 Å². The minimum absolute atomic E-state index is 0.256. The largest absolute Gasteiger partial charge is 0.310 e. The van der Waals surface area contributed by atoms with E-state index >= 15 is 0 Å². The summed E-state index contributed by atoms with van der Waals surface area (Å²) in [5.41, 5.74) is 4.25. The van der Waals surface area contributed by atoms with Gasteiger partial charge in [-0.2, -0.15) is 5.10 Å². The third-order valence-electron chi connectivity index (χ3n) is 3.22. The monoisotopic (exact) mass is 277 g/mol. The van der Waals surface area contributed by atoms with E-state index in [-0.39, 0.29) is 6.04 Å². The Morgan fingerprint density at radius 2 is 2.05 bits per heavy atom. The van der Waals surface area contributed by atoms with Crippen LogP contribution in [0.2, 0.25) is 5.02 Å². The van der Waals surface area contributed by atoms with Crippen LogP contribution in [0.25, 0.3) is 5.69 Å². The molecule has 4 heteroatoms. The van der Waals surface area contributed by atoms with Crippen molar-refractivity contribution in [1.82, 2.24) is 15.1 Å². The first kappa shape index (κ1) is 14.1. The summed E-state index contributed by atoms with van der Waals surface area (Å²) in [5.74, 6) is 0. The van der Waals surface area contributed by atoms with E-state index in [0.717, 1.165) is 34.2 Å². The Morgan fingerprint density at radius 1 is 1.32 bits per heavy atom. The maximum Gasteiger partial charge on any atom is 0.0663 e. The van der Waals surface area contributed by atoms with E-state index in [4.69, 9.17) is 11.6 Å². The lowest BCUT2D eigenvalue weighted by Gasteiger charge is -2.15. The quantitative estimate of drug-likeness (QED) is 0.921. The zero-order valence-electron chi connectivity index (χ0n) is 11.9. The molecule has 0 amide bonds. The molecule has 0 aliphatic rings. The van der Waals surface area contributed by atoms with Gasteiger partial charge in [-0.25, -0.2) is 4.68 Å². The van der Waals surface area contributed by atoms with Gasteiger partial charge in [0.25, 0.3) is 0 Å². The van der Waals surface area contributed by atoms with Crippen molar-refractivity contribution in [2.75, 3.05) is 6.54 Å². The molecular formula is C15H20ClN3. The molecule has 1 N–H and O–H groups in total. The molecule has 1 aromatic heterocycles. The zero-order valence-corrected chi connectivity index (χ0v) is 12.6. The minimum Gasteiger partial charge on any atom is -0.310 e. The smallest absolute Gasteiger partial charge is 0.0663 e. The molecule has 19 heavy (non-hydrogen) atoms. The molecule has 0 aliphatic carbocycles. The van der Waals surface area contributed by atoms with Gasteiger partial charge in [0.2, 0.25) is 0 Å². The fraction of sp³-hybridized carbons (Fsp3) is 0.400. The number of halogens is 1. The van der Waals surface area contributed by atoms with Crippen LogP contribution in [0.15, 0.2) is 24.3 Å². The molecule has 1 unspecified atom stereocenters. The lowest BCUT2D eigenvalue weighted by atomic mass is 10.1. The first-order valence-electron chi connectivity index (χ1n) is 6.59. The highest BCUT2D eigenvalue weighted by molar-refractivity contribution is 6.31. The van der Waals surface area contributed by atoms with Crippen molar-refractivity contribution in [1.29, 1.82) is 0 Å². The summed E-state index contributed by atoms with van der Waals surface area (Å²) in [5, 5.41) is 8.62.